The number of benzene rings is 1. The van der Waals surface area contributed by atoms with Crippen LogP contribution in [0, 0.1) is 5.82 Å². The predicted molar refractivity (Wildman–Crippen MR) is 67.3 cm³/mol. The lowest BCUT2D eigenvalue weighted by Gasteiger charge is -2.04. The fourth-order valence-corrected chi connectivity index (χ4v) is 1.97. The SMILES string of the molecule is Cn1nccc1CCC(=O)c1cccc(F)c1Cl. The minimum absolute atomic E-state index is 0.104. The van der Waals surface area contributed by atoms with E-state index in [-0.39, 0.29) is 22.8 Å². The molecule has 0 saturated carbocycles. The maximum atomic E-state index is 13.2. The molecule has 0 unspecified atom stereocenters. The second-order valence-electron chi connectivity index (χ2n) is 3.97. The Morgan fingerprint density at radius 1 is 1.44 bits per heavy atom. The molecular weight excluding hydrogens is 255 g/mol. The highest BCUT2D eigenvalue weighted by Crippen LogP contribution is 2.21. The van der Waals surface area contributed by atoms with Crippen molar-refractivity contribution in [3.63, 3.8) is 0 Å². The molecule has 0 radical (unpaired) electrons. The monoisotopic (exact) mass is 266 g/mol. The number of nitrogens with zero attached hydrogens (tertiary/aromatic N) is 2. The molecule has 5 heteroatoms. The van der Waals surface area contributed by atoms with Crippen LogP contribution in [0.25, 0.3) is 0 Å². The van der Waals surface area contributed by atoms with Crippen LogP contribution in [0.4, 0.5) is 4.39 Å². The summed E-state index contributed by atoms with van der Waals surface area (Å²) in [6, 6.07) is 6.11. The van der Waals surface area contributed by atoms with Gasteiger partial charge < -0.3 is 0 Å². The van der Waals surface area contributed by atoms with Crippen molar-refractivity contribution in [2.24, 2.45) is 7.05 Å². The molecule has 1 heterocycles. The first-order valence-corrected chi connectivity index (χ1v) is 5.91. The number of Topliss-reactive ketones (excluding diaryl/α,β-unsaturated/α-hetero) is 1. The molecule has 0 aliphatic heterocycles. The number of rotatable bonds is 4. The number of halogens is 2. The van der Waals surface area contributed by atoms with Crippen LogP contribution in [0.2, 0.25) is 5.02 Å². The van der Waals surface area contributed by atoms with Crippen molar-refractivity contribution in [1.29, 1.82) is 0 Å². The first-order chi connectivity index (χ1) is 8.59. The first-order valence-electron chi connectivity index (χ1n) is 5.53. The molecule has 3 nitrogen and oxygen atoms in total. The molecule has 0 amide bonds. The molecule has 2 aromatic rings. The smallest absolute Gasteiger partial charge is 0.164 e. The number of carbonyl (C=O) groups is 1. The quantitative estimate of drug-likeness (QED) is 0.798. The highest BCUT2D eigenvalue weighted by molar-refractivity contribution is 6.34. The van der Waals surface area contributed by atoms with Crippen molar-refractivity contribution in [1.82, 2.24) is 9.78 Å². The van der Waals surface area contributed by atoms with Gasteiger partial charge in [0.05, 0.1) is 5.02 Å². The van der Waals surface area contributed by atoms with E-state index in [1.807, 2.05) is 13.1 Å². The number of hydrogen-bond donors (Lipinski definition) is 0. The van der Waals surface area contributed by atoms with Gasteiger partial charge in [-0.15, -0.1) is 0 Å². The molecule has 0 aliphatic carbocycles. The number of hydrogen-bond acceptors (Lipinski definition) is 2. The molecular formula is C13H12ClFN2O. The van der Waals surface area contributed by atoms with Crippen LogP contribution >= 0.6 is 11.6 Å². The lowest BCUT2D eigenvalue weighted by Crippen LogP contribution is -2.05. The van der Waals surface area contributed by atoms with Crippen LogP contribution < -0.4 is 0 Å². The Morgan fingerprint density at radius 3 is 2.89 bits per heavy atom. The number of aryl methyl sites for hydroxylation is 2. The summed E-state index contributed by atoms with van der Waals surface area (Å²) in [6.07, 6.45) is 2.51. The standard InChI is InChI=1S/C13H12ClFN2O/c1-17-9(7-8-16-17)5-6-12(18)10-3-2-4-11(15)13(10)14/h2-4,7-8H,5-6H2,1H3. The molecule has 94 valence electrons. The fourth-order valence-electron chi connectivity index (χ4n) is 1.74. The van der Waals surface area contributed by atoms with Gasteiger partial charge in [0.15, 0.2) is 5.78 Å². The van der Waals surface area contributed by atoms with Gasteiger partial charge in [0, 0.05) is 30.9 Å². The van der Waals surface area contributed by atoms with E-state index in [2.05, 4.69) is 5.10 Å². The minimum Gasteiger partial charge on any atom is -0.294 e. The Morgan fingerprint density at radius 2 is 2.22 bits per heavy atom. The van der Waals surface area contributed by atoms with Crippen molar-refractivity contribution < 1.29 is 9.18 Å². The lowest BCUT2D eigenvalue weighted by atomic mass is 10.1. The van der Waals surface area contributed by atoms with E-state index in [4.69, 9.17) is 11.6 Å². The van der Waals surface area contributed by atoms with Gasteiger partial charge >= 0.3 is 0 Å². The van der Waals surface area contributed by atoms with Gasteiger partial charge in [-0.1, -0.05) is 17.7 Å². The summed E-state index contributed by atoms with van der Waals surface area (Å²) in [7, 11) is 1.81. The van der Waals surface area contributed by atoms with Crippen molar-refractivity contribution >= 4 is 17.4 Å². The van der Waals surface area contributed by atoms with Crippen LogP contribution in [0.15, 0.2) is 30.5 Å². The third kappa shape index (κ3) is 2.59. The Hall–Kier alpha value is -1.68. The summed E-state index contributed by atoms with van der Waals surface area (Å²) in [5, 5.41) is 3.91. The summed E-state index contributed by atoms with van der Waals surface area (Å²) in [5.41, 5.74) is 1.19. The Balaban J connectivity index is 2.09. The van der Waals surface area contributed by atoms with Crippen molar-refractivity contribution in [3.8, 4) is 0 Å². The van der Waals surface area contributed by atoms with Crippen molar-refractivity contribution in [2.45, 2.75) is 12.8 Å². The van der Waals surface area contributed by atoms with Crippen LogP contribution in [0.5, 0.6) is 0 Å². The van der Waals surface area contributed by atoms with E-state index in [0.717, 1.165) is 5.69 Å². The van der Waals surface area contributed by atoms with Gasteiger partial charge in [0.1, 0.15) is 5.82 Å². The van der Waals surface area contributed by atoms with Gasteiger partial charge in [0.2, 0.25) is 0 Å². The molecule has 18 heavy (non-hydrogen) atoms. The molecule has 0 atom stereocenters. The first kappa shape index (κ1) is 12.8. The Labute approximate surface area is 109 Å². The van der Waals surface area contributed by atoms with E-state index >= 15 is 0 Å². The largest absolute Gasteiger partial charge is 0.294 e. The average molecular weight is 267 g/mol. The third-order valence-corrected chi connectivity index (χ3v) is 3.17. The maximum Gasteiger partial charge on any atom is 0.164 e. The van der Waals surface area contributed by atoms with Crippen LogP contribution in [0.3, 0.4) is 0 Å². The minimum atomic E-state index is -0.567. The molecule has 1 aromatic heterocycles. The topological polar surface area (TPSA) is 34.9 Å². The summed E-state index contributed by atoms with van der Waals surface area (Å²) in [4.78, 5) is 11.9. The lowest BCUT2D eigenvalue weighted by molar-refractivity contribution is 0.0982. The molecule has 0 bridgehead atoms. The third-order valence-electron chi connectivity index (χ3n) is 2.78. The molecule has 0 aliphatic rings. The van der Waals surface area contributed by atoms with Crippen molar-refractivity contribution in [2.75, 3.05) is 0 Å². The van der Waals surface area contributed by atoms with Gasteiger partial charge in [0.25, 0.3) is 0 Å². The second kappa shape index (κ2) is 5.31. The zero-order valence-electron chi connectivity index (χ0n) is 9.86. The normalized spacial score (nSPS) is 10.6. The van der Waals surface area contributed by atoms with Crippen LogP contribution in [-0.2, 0) is 13.5 Å². The van der Waals surface area contributed by atoms with E-state index in [1.165, 1.54) is 18.2 Å². The highest BCUT2D eigenvalue weighted by Gasteiger charge is 2.13. The van der Waals surface area contributed by atoms with E-state index in [1.54, 1.807) is 10.9 Å². The summed E-state index contributed by atoms with van der Waals surface area (Å²) in [6.45, 7) is 0. The second-order valence-corrected chi connectivity index (χ2v) is 4.35. The zero-order chi connectivity index (χ0) is 13.1. The van der Waals surface area contributed by atoms with Gasteiger partial charge in [-0.25, -0.2) is 4.39 Å². The Kier molecular flexibility index (Phi) is 3.77. The molecule has 2 rings (SSSR count). The molecule has 0 N–H and O–H groups in total. The fraction of sp³-hybridized carbons (Fsp3) is 0.231. The van der Waals surface area contributed by atoms with Crippen LogP contribution in [-0.4, -0.2) is 15.6 Å². The molecule has 0 saturated heterocycles. The highest BCUT2D eigenvalue weighted by atomic mass is 35.5. The van der Waals surface area contributed by atoms with E-state index in [9.17, 15) is 9.18 Å². The van der Waals surface area contributed by atoms with Gasteiger partial charge in [-0.2, -0.15) is 5.10 Å². The predicted octanol–water partition coefficient (Wildman–Crippen LogP) is 3.03. The van der Waals surface area contributed by atoms with E-state index < -0.39 is 5.82 Å². The molecule has 0 fully saturated rings. The number of aromatic nitrogens is 2. The van der Waals surface area contributed by atoms with Gasteiger partial charge in [-0.3, -0.25) is 9.48 Å². The summed E-state index contributed by atoms with van der Waals surface area (Å²) in [5.74, 6) is -0.733. The number of ketones is 1. The van der Waals surface area contributed by atoms with Crippen molar-refractivity contribution in [3.05, 3.63) is 52.6 Å². The number of carbonyl (C=O) groups excluding carboxylic acids is 1. The zero-order valence-corrected chi connectivity index (χ0v) is 10.6. The average Bonchev–Trinajstić information content (AvgIpc) is 2.75. The summed E-state index contributed by atoms with van der Waals surface area (Å²) >= 11 is 5.77. The summed E-state index contributed by atoms with van der Waals surface area (Å²) < 4.78 is 14.9. The maximum absolute atomic E-state index is 13.2. The molecule has 1 aromatic carbocycles. The van der Waals surface area contributed by atoms with Gasteiger partial charge in [-0.05, 0) is 24.6 Å². The van der Waals surface area contributed by atoms with Crippen LogP contribution in [0.1, 0.15) is 22.5 Å². The van der Waals surface area contributed by atoms with E-state index in [0.29, 0.717) is 6.42 Å². The molecule has 0 spiro atoms. The Bertz CT molecular complexity index is 580.